The maximum atomic E-state index is 13.5. The summed E-state index contributed by atoms with van der Waals surface area (Å²) in [6, 6.07) is 11.2. The van der Waals surface area contributed by atoms with Crippen LogP contribution in [0.4, 0.5) is 0 Å². The predicted molar refractivity (Wildman–Crippen MR) is 153 cm³/mol. The molecule has 0 radical (unpaired) electrons. The molecule has 0 spiro atoms. The highest BCUT2D eigenvalue weighted by Gasteiger charge is 2.33. The first-order valence-electron chi connectivity index (χ1n) is 12.0. The van der Waals surface area contributed by atoms with E-state index >= 15 is 0 Å². The predicted octanol–water partition coefficient (Wildman–Crippen LogP) is 5.74. The minimum absolute atomic E-state index is 0.114. The summed E-state index contributed by atoms with van der Waals surface area (Å²) in [5.74, 6) is -4.29. The number of carboxylic acid groups (broad SMARTS) is 2. The standard InChI is InChI=1S/C32H31NO6/c1-5-7-8-24(6-2)30(33-21(3)4)29(27(34)19-13-22-9-15-25(16-10-22)31(36)37)28(35)20-14-23-11-17-26(18-12-23)32(38)39/h5-20,29-30,33H,2-3H2,1,4H3,(H,36,37)(H,38,39)/b7-5-,19-13+,20-14+,24-8+. The van der Waals surface area contributed by atoms with Gasteiger partial charge in [-0.1, -0.05) is 73.9 Å². The number of carbonyl (C=O) groups excluding carboxylic acids is 2. The molecule has 0 saturated heterocycles. The average Bonchev–Trinajstić information content (AvgIpc) is 2.91. The third-order valence-electron chi connectivity index (χ3n) is 5.62. The summed E-state index contributed by atoms with van der Waals surface area (Å²) < 4.78 is 0. The molecule has 2 aromatic rings. The van der Waals surface area contributed by atoms with Gasteiger partial charge in [-0.15, -0.1) is 0 Å². The molecular weight excluding hydrogens is 494 g/mol. The van der Waals surface area contributed by atoms with Crippen molar-refractivity contribution in [3.05, 3.63) is 132 Å². The second kappa shape index (κ2) is 14.6. The van der Waals surface area contributed by atoms with Crippen molar-refractivity contribution >= 4 is 35.7 Å². The summed E-state index contributed by atoms with van der Waals surface area (Å²) in [5, 5.41) is 21.3. The Morgan fingerprint density at radius 2 is 1.26 bits per heavy atom. The van der Waals surface area contributed by atoms with Gasteiger partial charge in [0.1, 0.15) is 5.92 Å². The molecule has 0 fully saturated rings. The summed E-state index contributed by atoms with van der Waals surface area (Å²) in [4.78, 5) is 49.3. The molecule has 0 heterocycles. The third kappa shape index (κ3) is 9.09. The molecule has 0 aliphatic rings. The molecule has 200 valence electrons. The van der Waals surface area contributed by atoms with Gasteiger partial charge in [-0.05, 0) is 67.0 Å². The summed E-state index contributed by atoms with van der Waals surface area (Å²) in [6.45, 7) is 11.3. The van der Waals surface area contributed by atoms with Gasteiger partial charge in [-0.2, -0.15) is 0 Å². The second-order valence-corrected chi connectivity index (χ2v) is 8.60. The molecular formula is C32H31NO6. The van der Waals surface area contributed by atoms with Gasteiger partial charge in [-0.3, -0.25) is 9.59 Å². The Balaban J connectivity index is 2.50. The first-order valence-corrected chi connectivity index (χ1v) is 12.0. The highest BCUT2D eigenvalue weighted by atomic mass is 16.4. The number of ketones is 2. The van der Waals surface area contributed by atoms with Crippen LogP contribution in [0, 0.1) is 5.92 Å². The first-order chi connectivity index (χ1) is 18.6. The molecule has 2 aromatic carbocycles. The van der Waals surface area contributed by atoms with Crippen molar-refractivity contribution in [2.75, 3.05) is 0 Å². The van der Waals surface area contributed by atoms with Crippen molar-refractivity contribution in [3.8, 4) is 0 Å². The van der Waals surface area contributed by atoms with E-state index in [1.165, 1.54) is 48.6 Å². The van der Waals surface area contributed by atoms with Crippen LogP contribution in [0.2, 0.25) is 0 Å². The number of aromatic carboxylic acids is 2. The monoisotopic (exact) mass is 525 g/mol. The summed E-state index contributed by atoms with van der Waals surface area (Å²) in [6.07, 6.45) is 12.5. The second-order valence-electron chi connectivity index (χ2n) is 8.60. The minimum atomic E-state index is -1.19. The molecule has 0 amide bonds. The van der Waals surface area contributed by atoms with Gasteiger partial charge in [0.05, 0.1) is 17.2 Å². The Hall–Kier alpha value is -5.04. The summed E-state index contributed by atoms with van der Waals surface area (Å²) in [7, 11) is 0. The number of benzene rings is 2. The van der Waals surface area contributed by atoms with Gasteiger partial charge in [0.15, 0.2) is 11.6 Å². The van der Waals surface area contributed by atoms with Crippen LogP contribution >= 0.6 is 0 Å². The molecule has 39 heavy (non-hydrogen) atoms. The fourth-order valence-electron chi connectivity index (χ4n) is 3.64. The van der Waals surface area contributed by atoms with Gasteiger partial charge in [0, 0.05) is 5.70 Å². The zero-order chi connectivity index (χ0) is 28.9. The Labute approximate surface area is 227 Å². The Morgan fingerprint density at radius 1 is 0.821 bits per heavy atom. The van der Waals surface area contributed by atoms with E-state index in [1.807, 2.05) is 6.92 Å². The van der Waals surface area contributed by atoms with E-state index in [4.69, 9.17) is 10.2 Å². The van der Waals surface area contributed by atoms with Crippen molar-refractivity contribution in [1.29, 1.82) is 0 Å². The molecule has 0 aliphatic heterocycles. The van der Waals surface area contributed by atoms with Gasteiger partial charge < -0.3 is 15.5 Å². The molecule has 7 heteroatoms. The van der Waals surface area contributed by atoms with E-state index in [1.54, 1.807) is 55.5 Å². The number of nitrogens with one attached hydrogen (secondary N) is 1. The molecule has 3 N–H and O–H groups in total. The lowest BCUT2D eigenvalue weighted by Gasteiger charge is -2.27. The topological polar surface area (TPSA) is 121 Å². The van der Waals surface area contributed by atoms with Gasteiger partial charge in [0.2, 0.25) is 0 Å². The first kappa shape index (κ1) is 30.2. The van der Waals surface area contributed by atoms with E-state index in [2.05, 4.69) is 18.5 Å². The van der Waals surface area contributed by atoms with Crippen LogP contribution in [-0.4, -0.2) is 39.8 Å². The smallest absolute Gasteiger partial charge is 0.335 e. The van der Waals surface area contributed by atoms with Crippen LogP contribution in [0.5, 0.6) is 0 Å². The molecule has 1 atom stereocenters. The fourth-order valence-corrected chi connectivity index (χ4v) is 3.64. The maximum absolute atomic E-state index is 13.5. The molecule has 0 saturated carbocycles. The van der Waals surface area contributed by atoms with Crippen LogP contribution in [-0.2, 0) is 9.59 Å². The van der Waals surface area contributed by atoms with Crippen molar-refractivity contribution in [3.63, 3.8) is 0 Å². The summed E-state index contributed by atoms with van der Waals surface area (Å²) >= 11 is 0. The van der Waals surface area contributed by atoms with E-state index in [-0.39, 0.29) is 11.1 Å². The zero-order valence-electron chi connectivity index (χ0n) is 21.8. The van der Waals surface area contributed by atoms with Crippen LogP contribution < -0.4 is 5.32 Å². The largest absolute Gasteiger partial charge is 0.478 e. The number of carbonyl (C=O) groups is 4. The van der Waals surface area contributed by atoms with Crippen molar-refractivity contribution in [2.45, 2.75) is 19.9 Å². The molecule has 7 nitrogen and oxygen atoms in total. The lowest BCUT2D eigenvalue weighted by molar-refractivity contribution is -0.128. The highest BCUT2D eigenvalue weighted by molar-refractivity contribution is 6.14. The number of hydrogen-bond acceptors (Lipinski definition) is 5. The third-order valence-corrected chi connectivity index (χ3v) is 5.62. The normalized spacial score (nSPS) is 12.6. The van der Waals surface area contributed by atoms with E-state index in [9.17, 15) is 19.2 Å². The Morgan fingerprint density at radius 3 is 1.59 bits per heavy atom. The lowest BCUT2D eigenvalue weighted by atomic mass is 9.84. The van der Waals surface area contributed by atoms with Crippen LogP contribution in [0.25, 0.3) is 12.2 Å². The number of rotatable bonds is 14. The van der Waals surface area contributed by atoms with Crippen LogP contribution in [0.3, 0.4) is 0 Å². The quantitative estimate of drug-likeness (QED) is 0.163. The lowest BCUT2D eigenvalue weighted by Crippen LogP contribution is -2.43. The zero-order valence-corrected chi connectivity index (χ0v) is 21.8. The Bertz CT molecular complexity index is 1280. The Kier molecular flexibility index (Phi) is 11.3. The maximum Gasteiger partial charge on any atom is 0.335 e. The summed E-state index contributed by atoms with van der Waals surface area (Å²) in [5.41, 5.74) is 2.55. The molecule has 0 aromatic heterocycles. The molecule has 0 bridgehead atoms. The van der Waals surface area contributed by atoms with E-state index < -0.39 is 35.5 Å². The van der Waals surface area contributed by atoms with Crippen molar-refractivity contribution < 1.29 is 29.4 Å². The van der Waals surface area contributed by atoms with E-state index in [0.29, 0.717) is 22.4 Å². The van der Waals surface area contributed by atoms with Crippen molar-refractivity contribution in [2.24, 2.45) is 5.92 Å². The van der Waals surface area contributed by atoms with Gasteiger partial charge >= 0.3 is 11.9 Å². The number of carboxylic acids is 2. The highest BCUT2D eigenvalue weighted by Crippen LogP contribution is 2.21. The molecule has 0 aliphatic carbocycles. The molecule has 1 unspecified atom stereocenters. The minimum Gasteiger partial charge on any atom is -0.478 e. The number of hydrogen-bond donors (Lipinski definition) is 3. The van der Waals surface area contributed by atoms with Gasteiger partial charge in [0.25, 0.3) is 0 Å². The number of allylic oxidation sites excluding steroid dienone is 6. The van der Waals surface area contributed by atoms with Crippen LogP contribution in [0.15, 0.2) is 109 Å². The van der Waals surface area contributed by atoms with Crippen LogP contribution in [0.1, 0.15) is 45.7 Å². The van der Waals surface area contributed by atoms with Crippen molar-refractivity contribution in [1.82, 2.24) is 5.32 Å². The average molecular weight is 526 g/mol. The fraction of sp³-hybridized carbons (Fsp3) is 0.125. The van der Waals surface area contributed by atoms with Gasteiger partial charge in [-0.25, -0.2) is 9.59 Å². The van der Waals surface area contributed by atoms with E-state index in [0.717, 1.165) is 0 Å². The SMILES string of the molecule is C=C/C(=C\C=C/C)C(NC(=C)C)C(C(=O)/C=C/c1ccc(C(=O)O)cc1)C(=O)/C=C/c1ccc(C(=O)O)cc1. The molecule has 2 rings (SSSR count).